The number of nitrogens with zero attached hydrogens (tertiary/aromatic N) is 1. The first-order valence-electron chi connectivity index (χ1n) is 8.54. The van der Waals surface area contributed by atoms with Gasteiger partial charge >= 0.3 is 0 Å². The highest BCUT2D eigenvalue weighted by molar-refractivity contribution is 7.92. The van der Waals surface area contributed by atoms with Crippen LogP contribution in [0.1, 0.15) is 22.3 Å². The van der Waals surface area contributed by atoms with Gasteiger partial charge < -0.3 is 5.32 Å². The molecule has 0 saturated heterocycles. The van der Waals surface area contributed by atoms with Crippen molar-refractivity contribution in [3.05, 3.63) is 64.7 Å². The van der Waals surface area contributed by atoms with Crippen molar-refractivity contribution in [3.8, 4) is 0 Å². The first-order chi connectivity index (χ1) is 12.2. The Morgan fingerprint density at radius 1 is 1.04 bits per heavy atom. The van der Waals surface area contributed by atoms with Crippen molar-refractivity contribution in [2.24, 2.45) is 0 Å². The predicted molar refractivity (Wildman–Crippen MR) is 106 cm³/mol. The monoisotopic (exact) mass is 374 g/mol. The Morgan fingerprint density at radius 2 is 1.69 bits per heavy atom. The first-order valence-corrected chi connectivity index (χ1v) is 10.4. The van der Waals surface area contributed by atoms with Crippen molar-refractivity contribution >= 4 is 21.6 Å². The number of hydrogen-bond donors (Lipinski definition) is 1. The van der Waals surface area contributed by atoms with Crippen LogP contribution in [-0.2, 0) is 21.2 Å². The number of carbonyl (C=O) groups excluding carboxylic acids is 1. The molecule has 0 atom stereocenters. The average Bonchev–Trinajstić information content (AvgIpc) is 2.56. The number of benzene rings is 2. The van der Waals surface area contributed by atoms with Gasteiger partial charge in [-0.25, -0.2) is 8.42 Å². The van der Waals surface area contributed by atoms with E-state index < -0.39 is 10.0 Å². The van der Waals surface area contributed by atoms with Gasteiger partial charge in [0.25, 0.3) is 0 Å². The summed E-state index contributed by atoms with van der Waals surface area (Å²) < 4.78 is 25.8. The molecular weight excluding hydrogens is 348 g/mol. The summed E-state index contributed by atoms with van der Waals surface area (Å²) in [6, 6.07) is 13.4. The van der Waals surface area contributed by atoms with E-state index in [1.165, 1.54) is 10.6 Å². The molecule has 0 aromatic heterocycles. The molecule has 0 radical (unpaired) electrons. The molecule has 2 rings (SSSR count). The van der Waals surface area contributed by atoms with Crippen LogP contribution in [0.3, 0.4) is 0 Å². The standard InChI is InChI=1S/C20H26N2O3S/c1-15-8-10-18(11-9-15)14-20(23)21-12-13-22(26(4,24)25)19-7-5-6-16(2)17(19)3/h5-11H,12-14H2,1-4H3,(H,21,23). The maximum absolute atomic E-state index is 12.2. The lowest BCUT2D eigenvalue weighted by Gasteiger charge is -2.25. The summed E-state index contributed by atoms with van der Waals surface area (Å²) in [5.41, 5.74) is 4.68. The molecule has 6 heteroatoms. The Hall–Kier alpha value is -2.34. The number of amides is 1. The van der Waals surface area contributed by atoms with Crippen LogP contribution in [0.5, 0.6) is 0 Å². The van der Waals surface area contributed by atoms with Crippen molar-refractivity contribution in [1.29, 1.82) is 0 Å². The second-order valence-corrected chi connectivity index (χ2v) is 8.47. The van der Waals surface area contributed by atoms with Gasteiger partial charge in [-0.15, -0.1) is 0 Å². The zero-order valence-corrected chi connectivity index (χ0v) is 16.6. The number of sulfonamides is 1. The molecule has 5 nitrogen and oxygen atoms in total. The molecular formula is C20H26N2O3S. The Morgan fingerprint density at radius 3 is 2.31 bits per heavy atom. The highest BCUT2D eigenvalue weighted by atomic mass is 32.2. The van der Waals surface area contributed by atoms with Gasteiger partial charge in [-0.3, -0.25) is 9.10 Å². The Labute approximate surface area is 156 Å². The topological polar surface area (TPSA) is 66.5 Å². The quantitative estimate of drug-likeness (QED) is 0.810. The summed E-state index contributed by atoms with van der Waals surface area (Å²) in [6.45, 7) is 6.30. The van der Waals surface area contributed by atoms with Crippen molar-refractivity contribution in [2.75, 3.05) is 23.7 Å². The van der Waals surface area contributed by atoms with E-state index in [0.717, 1.165) is 22.3 Å². The minimum absolute atomic E-state index is 0.122. The summed E-state index contributed by atoms with van der Waals surface area (Å²) in [5.74, 6) is -0.122. The summed E-state index contributed by atoms with van der Waals surface area (Å²) in [6.07, 6.45) is 1.46. The molecule has 1 amide bonds. The van der Waals surface area contributed by atoms with Gasteiger partial charge in [0.1, 0.15) is 0 Å². The Bertz CT molecular complexity index is 874. The molecule has 1 N–H and O–H groups in total. The molecule has 0 heterocycles. The summed E-state index contributed by atoms with van der Waals surface area (Å²) in [4.78, 5) is 12.1. The van der Waals surface area contributed by atoms with E-state index >= 15 is 0 Å². The van der Waals surface area contributed by atoms with Crippen molar-refractivity contribution in [1.82, 2.24) is 5.32 Å². The van der Waals surface area contributed by atoms with E-state index in [2.05, 4.69) is 5.32 Å². The molecule has 0 fully saturated rings. The first kappa shape index (κ1) is 20.0. The molecule has 140 valence electrons. The fourth-order valence-corrected chi connectivity index (χ4v) is 3.70. The Balaban J connectivity index is 2.01. The van der Waals surface area contributed by atoms with Gasteiger partial charge in [0.2, 0.25) is 15.9 Å². The third-order valence-corrected chi connectivity index (χ3v) is 5.55. The highest BCUT2D eigenvalue weighted by Gasteiger charge is 2.19. The van der Waals surface area contributed by atoms with Crippen LogP contribution in [-0.4, -0.2) is 33.7 Å². The van der Waals surface area contributed by atoms with Crippen LogP contribution in [0.15, 0.2) is 42.5 Å². The van der Waals surface area contributed by atoms with Gasteiger partial charge in [-0.1, -0.05) is 42.0 Å². The summed E-state index contributed by atoms with van der Waals surface area (Å²) in [5, 5.41) is 2.81. The lowest BCUT2D eigenvalue weighted by molar-refractivity contribution is -0.120. The van der Waals surface area contributed by atoms with E-state index in [9.17, 15) is 13.2 Å². The zero-order valence-electron chi connectivity index (χ0n) is 15.7. The second-order valence-electron chi connectivity index (χ2n) is 6.57. The smallest absolute Gasteiger partial charge is 0.232 e. The number of nitrogens with one attached hydrogen (secondary N) is 1. The lowest BCUT2D eigenvalue weighted by atomic mass is 10.1. The van der Waals surface area contributed by atoms with E-state index in [1.54, 1.807) is 6.07 Å². The van der Waals surface area contributed by atoms with Gasteiger partial charge in [-0.05, 0) is 43.5 Å². The number of rotatable bonds is 7. The van der Waals surface area contributed by atoms with E-state index in [-0.39, 0.29) is 25.4 Å². The molecule has 0 aliphatic rings. The Kier molecular flexibility index (Phi) is 6.42. The van der Waals surface area contributed by atoms with Gasteiger partial charge in [0.05, 0.1) is 24.9 Å². The van der Waals surface area contributed by atoms with E-state index in [1.807, 2.05) is 57.2 Å². The second kappa shape index (κ2) is 8.36. The van der Waals surface area contributed by atoms with Crippen LogP contribution in [0.2, 0.25) is 0 Å². The maximum Gasteiger partial charge on any atom is 0.232 e. The third kappa shape index (κ3) is 5.33. The molecule has 26 heavy (non-hydrogen) atoms. The highest BCUT2D eigenvalue weighted by Crippen LogP contribution is 2.24. The van der Waals surface area contributed by atoms with Gasteiger partial charge in [0, 0.05) is 6.54 Å². The minimum Gasteiger partial charge on any atom is -0.354 e. The molecule has 0 bridgehead atoms. The van der Waals surface area contributed by atoms with Crippen molar-refractivity contribution < 1.29 is 13.2 Å². The summed E-state index contributed by atoms with van der Waals surface area (Å²) in [7, 11) is -3.44. The maximum atomic E-state index is 12.2. The number of hydrogen-bond acceptors (Lipinski definition) is 3. The minimum atomic E-state index is -3.44. The number of anilines is 1. The average molecular weight is 375 g/mol. The zero-order chi connectivity index (χ0) is 19.3. The molecule has 0 aliphatic heterocycles. The molecule has 0 aliphatic carbocycles. The molecule has 0 saturated carbocycles. The van der Waals surface area contributed by atoms with Crippen molar-refractivity contribution in [3.63, 3.8) is 0 Å². The van der Waals surface area contributed by atoms with E-state index in [0.29, 0.717) is 5.69 Å². The molecule has 2 aromatic rings. The molecule has 2 aromatic carbocycles. The normalized spacial score (nSPS) is 11.2. The molecule has 0 unspecified atom stereocenters. The van der Waals surface area contributed by atoms with Crippen molar-refractivity contribution in [2.45, 2.75) is 27.2 Å². The number of aryl methyl sites for hydroxylation is 2. The summed E-state index contributed by atoms with van der Waals surface area (Å²) >= 11 is 0. The largest absolute Gasteiger partial charge is 0.354 e. The van der Waals surface area contributed by atoms with Crippen LogP contribution in [0, 0.1) is 20.8 Å². The van der Waals surface area contributed by atoms with Gasteiger partial charge in [-0.2, -0.15) is 0 Å². The van der Waals surface area contributed by atoms with Crippen LogP contribution < -0.4 is 9.62 Å². The lowest BCUT2D eigenvalue weighted by Crippen LogP contribution is -2.39. The fourth-order valence-electron chi connectivity index (χ4n) is 2.72. The predicted octanol–water partition coefficient (Wildman–Crippen LogP) is 2.74. The molecule has 0 spiro atoms. The van der Waals surface area contributed by atoms with Crippen LogP contribution >= 0.6 is 0 Å². The van der Waals surface area contributed by atoms with Crippen LogP contribution in [0.4, 0.5) is 5.69 Å². The van der Waals surface area contributed by atoms with Crippen LogP contribution in [0.25, 0.3) is 0 Å². The SMILES string of the molecule is Cc1ccc(CC(=O)NCCN(c2cccc(C)c2C)S(C)(=O)=O)cc1. The fraction of sp³-hybridized carbons (Fsp3) is 0.350. The third-order valence-electron chi connectivity index (χ3n) is 4.37. The van der Waals surface area contributed by atoms with Gasteiger partial charge in [0.15, 0.2) is 0 Å². The number of carbonyl (C=O) groups is 1. The van der Waals surface area contributed by atoms with E-state index in [4.69, 9.17) is 0 Å².